The van der Waals surface area contributed by atoms with Crippen LogP contribution in [0.3, 0.4) is 0 Å². The van der Waals surface area contributed by atoms with E-state index in [9.17, 15) is 0 Å². The summed E-state index contributed by atoms with van der Waals surface area (Å²) >= 11 is 0. The van der Waals surface area contributed by atoms with E-state index in [4.69, 9.17) is 0 Å². The summed E-state index contributed by atoms with van der Waals surface area (Å²) in [7, 11) is 1.90. The zero-order valence-corrected chi connectivity index (χ0v) is 9.20. The number of rotatable bonds is 3. The molecule has 2 N–H and O–H groups in total. The van der Waals surface area contributed by atoms with E-state index in [0.29, 0.717) is 0 Å². The summed E-state index contributed by atoms with van der Waals surface area (Å²) in [5.41, 5.74) is 4.41. The topological polar surface area (TPSA) is 58.5 Å². The van der Waals surface area contributed by atoms with Gasteiger partial charge in [-0.25, -0.2) is 0 Å². The first-order valence-corrected chi connectivity index (χ1v) is 4.90. The molecule has 0 radical (unpaired) electrons. The van der Waals surface area contributed by atoms with Gasteiger partial charge in [0.2, 0.25) is 0 Å². The van der Waals surface area contributed by atoms with E-state index in [1.165, 1.54) is 5.56 Å². The van der Waals surface area contributed by atoms with E-state index in [1.54, 1.807) is 4.68 Å². The van der Waals surface area contributed by atoms with Crippen LogP contribution >= 0.6 is 0 Å². The molecule has 2 heterocycles. The Balaban J connectivity index is 2.05. The lowest BCUT2D eigenvalue weighted by molar-refractivity contribution is 0.768. The zero-order valence-electron chi connectivity index (χ0n) is 9.20. The van der Waals surface area contributed by atoms with Crippen molar-refractivity contribution in [3.63, 3.8) is 0 Å². The highest BCUT2D eigenvalue weighted by Crippen LogP contribution is 2.12. The highest BCUT2D eigenvalue weighted by molar-refractivity contribution is 5.40. The number of aromatic amines is 1. The van der Waals surface area contributed by atoms with Gasteiger partial charge in [0.15, 0.2) is 0 Å². The van der Waals surface area contributed by atoms with Gasteiger partial charge < -0.3 is 5.32 Å². The largest absolute Gasteiger partial charge is 0.378 e. The van der Waals surface area contributed by atoms with Gasteiger partial charge in [0.1, 0.15) is 0 Å². The Labute approximate surface area is 88.5 Å². The van der Waals surface area contributed by atoms with Crippen LogP contribution in [0.2, 0.25) is 0 Å². The summed E-state index contributed by atoms with van der Waals surface area (Å²) in [4.78, 5) is 0. The Morgan fingerprint density at radius 3 is 2.80 bits per heavy atom. The van der Waals surface area contributed by atoms with Crippen molar-refractivity contribution in [3.05, 3.63) is 29.3 Å². The lowest BCUT2D eigenvalue weighted by Crippen LogP contribution is -2.00. The minimum absolute atomic E-state index is 0.778. The first-order chi connectivity index (χ1) is 7.16. The number of aromatic nitrogens is 4. The van der Waals surface area contributed by atoms with E-state index in [1.807, 2.05) is 33.3 Å². The van der Waals surface area contributed by atoms with Crippen molar-refractivity contribution in [3.8, 4) is 0 Å². The normalized spacial score (nSPS) is 10.6. The van der Waals surface area contributed by atoms with Crippen LogP contribution in [0.4, 0.5) is 5.69 Å². The number of nitrogens with one attached hydrogen (secondary N) is 2. The molecule has 2 aromatic rings. The quantitative estimate of drug-likeness (QED) is 0.795. The van der Waals surface area contributed by atoms with Crippen LogP contribution in [-0.2, 0) is 13.6 Å². The lowest BCUT2D eigenvalue weighted by Gasteiger charge is -2.03. The maximum Gasteiger partial charge on any atom is 0.0729 e. The standard InChI is InChI=1S/C10H15N5/c1-7-10(8(2)14-13-7)5-11-9-4-12-15(3)6-9/h4,6,11H,5H2,1-3H3,(H,13,14). The third-order valence-electron chi connectivity index (χ3n) is 2.45. The van der Waals surface area contributed by atoms with E-state index in [-0.39, 0.29) is 0 Å². The Morgan fingerprint density at radius 2 is 2.27 bits per heavy atom. The second-order valence-corrected chi connectivity index (χ2v) is 3.67. The van der Waals surface area contributed by atoms with Crippen LogP contribution in [0, 0.1) is 13.8 Å². The van der Waals surface area contributed by atoms with Crippen molar-refractivity contribution < 1.29 is 0 Å². The molecule has 5 heteroatoms. The molecule has 0 bridgehead atoms. The van der Waals surface area contributed by atoms with Crippen LogP contribution in [0.1, 0.15) is 17.0 Å². The molecule has 0 saturated heterocycles. The van der Waals surface area contributed by atoms with Crippen LogP contribution in [0.5, 0.6) is 0 Å². The molecule has 0 aliphatic carbocycles. The maximum absolute atomic E-state index is 4.15. The molecular formula is C10H15N5. The molecular weight excluding hydrogens is 190 g/mol. The van der Waals surface area contributed by atoms with Crippen LogP contribution in [0.15, 0.2) is 12.4 Å². The van der Waals surface area contributed by atoms with Crippen molar-refractivity contribution in [1.29, 1.82) is 0 Å². The Hall–Kier alpha value is -1.78. The monoisotopic (exact) mass is 205 g/mol. The number of hydrogen-bond donors (Lipinski definition) is 2. The predicted octanol–water partition coefficient (Wildman–Crippen LogP) is 1.37. The Kier molecular flexibility index (Phi) is 2.45. The third kappa shape index (κ3) is 2.01. The highest BCUT2D eigenvalue weighted by atomic mass is 15.3. The van der Waals surface area contributed by atoms with Gasteiger partial charge in [-0.15, -0.1) is 0 Å². The smallest absolute Gasteiger partial charge is 0.0729 e. The van der Waals surface area contributed by atoms with E-state index >= 15 is 0 Å². The molecule has 0 spiro atoms. The summed E-state index contributed by atoms with van der Waals surface area (Å²) in [5.74, 6) is 0. The fraction of sp³-hybridized carbons (Fsp3) is 0.400. The molecule has 0 amide bonds. The number of nitrogens with zero attached hydrogens (tertiary/aromatic N) is 3. The molecule has 0 saturated carbocycles. The van der Waals surface area contributed by atoms with Gasteiger partial charge in [0.25, 0.3) is 0 Å². The van der Waals surface area contributed by atoms with Gasteiger partial charge in [-0.2, -0.15) is 10.2 Å². The Morgan fingerprint density at radius 1 is 1.47 bits per heavy atom. The summed E-state index contributed by atoms with van der Waals surface area (Å²) < 4.78 is 1.78. The maximum atomic E-state index is 4.15. The van der Waals surface area contributed by atoms with Crippen molar-refractivity contribution >= 4 is 5.69 Å². The highest BCUT2D eigenvalue weighted by Gasteiger charge is 2.05. The molecule has 0 aliphatic heterocycles. The van der Waals surface area contributed by atoms with Crippen LogP contribution < -0.4 is 5.32 Å². The average molecular weight is 205 g/mol. The summed E-state index contributed by atoms with van der Waals surface area (Å²) in [5, 5.41) is 14.5. The van der Waals surface area contributed by atoms with Crippen molar-refractivity contribution in [2.45, 2.75) is 20.4 Å². The zero-order chi connectivity index (χ0) is 10.8. The number of anilines is 1. The second-order valence-electron chi connectivity index (χ2n) is 3.67. The first-order valence-electron chi connectivity index (χ1n) is 4.90. The van der Waals surface area contributed by atoms with Crippen LogP contribution in [-0.4, -0.2) is 20.0 Å². The molecule has 2 rings (SSSR count). The van der Waals surface area contributed by atoms with Crippen molar-refractivity contribution in [1.82, 2.24) is 20.0 Å². The van der Waals surface area contributed by atoms with E-state index in [0.717, 1.165) is 23.6 Å². The number of hydrogen-bond acceptors (Lipinski definition) is 3. The fourth-order valence-corrected chi connectivity index (χ4v) is 1.54. The molecule has 80 valence electrons. The van der Waals surface area contributed by atoms with Crippen LogP contribution in [0.25, 0.3) is 0 Å². The Bertz CT molecular complexity index is 435. The van der Waals surface area contributed by atoms with Crippen molar-refractivity contribution in [2.75, 3.05) is 5.32 Å². The minimum Gasteiger partial charge on any atom is -0.378 e. The van der Waals surface area contributed by atoms with E-state index in [2.05, 4.69) is 20.6 Å². The first kappa shape index (κ1) is 9.76. The van der Waals surface area contributed by atoms with Crippen molar-refractivity contribution in [2.24, 2.45) is 7.05 Å². The molecule has 0 unspecified atom stereocenters. The number of H-pyrrole nitrogens is 1. The molecule has 0 atom stereocenters. The van der Waals surface area contributed by atoms with Gasteiger partial charge in [-0.1, -0.05) is 0 Å². The molecule has 2 aromatic heterocycles. The molecule has 0 aliphatic rings. The summed E-state index contributed by atoms with van der Waals surface area (Å²) in [6.07, 6.45) is 3.76. The molecule has 0 fully saturated rings. The van der Waals surface area contributed by atoms with Gasteiger partial charge in [-0.3, -0.25) is 9.78 Å². The summed E-state index contributed by atoms with van der Waals surface area (Å²) in [6.45, 7) is 4.81. The summed E-state index contributed by atoms with van der Waals surface area (Å²) in [6, 6.07) is 0. The SMILES string of the molecule is Cc1n[nH]c(C)c1CNc1cnn(C)c1. The molecule has 5 nitrogen and oxygen atoms in total. The number of aryl methyl sites for hydroxylation is 3. The minimum atomic E-state index is 0.778. The third-order valence-corrected chi connectivity index (χ3v) is 2.45. The molecule has 0 aromatic carbocycles. The fourth-order valence-electron chi connectivity index (χ4n) is 1.54. The molecule has 15 heavy (non-hydrogen) atoms. The van der Waals surface area contributed by atoms with Gasteiger partial charge in [-0.05, 0) is 13.8 Å². The lowest BCUT2D eigenvalue weighted by atomic mass is 10.2. The average Bonchev–Trinajstić information content (AvgIpc) is 2.73. The second kappa shape index (κ2) is 3.76. The predicted molar refractivity (Wildman–Crippen MR) is 58.6 cm³/mol. The van der Waals surface area contributed by atoms with E-state index < -0.39 is 0 Å². The van der Waals surface area contributed by atoms with Gasteiger partial charge >= 0.3 is 0 Å². The van der Waals surface area contributed by atoms with Gasteiger partial charge in [0, 0.05) is 31.0 Å². The van der Waals surface area contributed by atoms with Gasteiger partial charge in [0.05, 0.1) is 17.6 Å².